The quantitative estimate of drug-likeness (QED) is 0.338. The standard InChI is InChI=1S/C15H27I/c1-2-12-7-8-13(11-12)5-3-4-6-14-9-10-15(14)16/h12-15H,2-11H2,1H3. The van der Waals surface area contributed by atoms with Crippen LogP contribution in [-0.4, -0.2) is 3.92 Å². The van der Waals surface area contributed by atoms with Gasteiger partial charge in [-0.05, 0) is 43.4 Å². The Kier molecular flexibility index (Phi) is 5.44. The van der Waals surface area contributed by atoms with E-state index >= 15 is 0 Å². The lowest BCUT2D eigenvalue weighted by Crippen LogP contribution is -2.25. The first-order chi connectivity index (χ1) is 7.79. The van der Waals surface area contributed by atoms with Crippen LogP contribution in [0.5, 0.6) is 0 Å². The molecule has 0 bridgehead atoms. The molecule has 4 unspecified atom stereocenters. The summed E-state index contributed by atoms with van der Waals surface area (Å²) in [6, 6.07) is 0. The monoisotopic (exact) mass is 334 g/mol. The minimum atomic E-state index is 1.02. The molecule has 16 heavy (non-hydrogen) atoms. The normalized spacial score (nSPS) is 38.6. The highest BCUT2D eigenvalue weighted by Gasteiger charge is 2.27. The summed E-state index contributed by atoms with van der Waals surface area (Å²) in [6.07, 6.45) is 15.1. The van der Waals surface area contributed by atoms with Gasteiger partial charge in [-0.3, -0.25) is 0 Å². The Labute approximate surface area is 115 Å². The SMILES string of the molecule is CCC1CCC(CCCCC2CCC2I)C1. The van der Waals surface area contributed by atoms with Gasteiger partial charge in [-0.15, -0.1) is 0 Å². The third kappa shape index (κ3) is 3.61. The number of hydrogen-bond acceptors (Lipinski definition) is 0. The first-order valence-electron chi connectivity index (χ1n) is 7.43. The molecule has 0 amide bonds. The van der Waals surface area contributed by atoms with Crippen molar-refractivity contribution in [3.8, 4) is 0 Å². The second-order valence-corrected chi connectivity index (χ2v) is 7.69. The first-order valence-corrected chi connectivity index (χ1v) is 8.68. The van der Waals surface area contributed by atoms with E-state index in [1.54, 1.807) is 6.42 Å². The summed E-state index contributed by atoms with van der Waals surface area (Å²) < 4.78 is 1.02. The van der Waals surface area contributed by atoms with E-state index < -0.39 is 0 Å². The summed E-state index contributed by atoms with van der Waals surface area (Å²) in [4.78, 5) is 0. The van der Waals surface area contributed by atoms with Crippen LogP contribution in [0.1, 0.15) is 71.1 Å². The second kappa shape index (κ2) is 6.61. The summed E-state index contributed by atoms with van der Waals surface area (Å²) in [6.45, 7) is 2.37. The molecule has 0 spiro atoms. The van der Waals surface area contributed by atoms with Crippen molar-refractivity contribution in [1.29, 1.82) is 0 Å². The van der Waals surface area contributed by atoms with Crippen LogP contribution in [0.25, 0.3) is 0 Å². The van der Waals surface area contributed by atoms with E-state index in [0.29, 0.717) is 0 Å². The maximum absolute atomic E-state index is 2.65. The van der Waals surface area contributed by atoms with Crippen molar-refractivity contribution in [3.05, 3.63) is 0 Å². The van der Waals surface area contributed by atoms with Gasteiger partial charge in [0.05, 0.1) is 0 Å². The molecule has 2 fully saturated rings. The molecule has 2 aliphatic rings. The van der Waals surface area contributed by atoms with E-state index in [-0.39, 0.29) is 0 Å². The van der Waals surface area contributed by atoms with Gasteiger partial charge < -0.3 is 0 Å². The van der Waals surface area contributed by atoms with Gasteiger partial charge >= 0.3 is 0 Å². The lowest BCUT2D eigenvalue weighted by atomic mass is 9.81. The van der Waals surface area contributed by atoms with Crippen molar-refractivity contribution < 1.29 is 0 Å². The van der Waals surface area contributed by atoms with E-state index in [4.69, 9.17) is 0 Å². The molecule has 1 heteroatoms. The molecule has 0 aromatic carbocycles. The Morgan fingerprint density at radius 1 is 0.938 bits per heavy atom. The number of alkyl halides is 1. The summed E-state index contributed by atoms with van der Waals surface area (Å²) >= 11 is 2.65. The van der Waals surface area contributed by atoms with Crippen molar-refractivity contribution in [1.82, 2.24) is 0 Å². The van der Waals surface area contributed by atoms with Crippen LogP contribution in [0.4, 0.5) is 0 Å². The maximum Gasteiger partial charge on any atom is 0.0138 e. The fourth-order valence-corrected chi connectivity index (χ4v) is 4.58. The Hall–Kier alpha value is 0.730. The van der Waals surface area contributed by atoms with Gasteiger partial charge in [0, 0.05) is 3.92 Å². The predicted octanol–water partition coefficient (Wildman–Crippen LogP) is 5.59. The second-order valence-electron chi connectivity index (χ2n) is 6.09. The fraction of sp³-hybridized carbons (Fsp3) is 1.00. The molecule has 2 rings (SSSR count). The van der Waals surface area contributed by atoms with E-state index in [1.807, 2.05) is 0 Å². The smallest absolute Gasteiger partial charge is 0.0138 e. The van der Waals surface area contributed by atoms with Gasteiger partial charge in [0.2, 0.25) is 0 Å². The van der Waals surface area contributed by atoms with Crippen molar-refractivity contribution in [3.63, 3.8) is 0 Å². The molecule has 0 radical (unpaired) electrons. The lowest BCUT2D eigenvalue weighted by Gasteiger charge is -2.32. The van der Waals surface area contributed by atoms with E-state index in [9.17, 15) is 0 Å². The van der Waals surface area contributed by atoms with E-state index in [1.165, 1.54) is 57.8 Å². The highest BCUT2D eigenvalue weighted by molar-refractivity contribution is 14.1. The molecule has 0 aromatic rings. The topological polar surface area (TPSA) is 0 Å². The van der Waals surface area contributed by atoms with Crippen LogP contribution in [0.2, 0.25) is 0 Å². The fourth-order valence-electron chi connectivity index (χ4n) is 3.50. The number of rotatable bonds is 6. The summed E-state index contributed by atoms with van der Waals surface area (Å²) in [5, 5.41) is 0. The Morgan fingerprint density at radius 2 is 1.69 bits per heavy atom. The lowest BCUT2D eigenvalue weighted by molar-refractivity contribution is 0.307. The van der Waals surface area contributed by atoms with Crippen LogP contribution >= 0.6 is 22.6 Å². The van der Waals surface area contributed by atoms with Crippen LogP contribution in [0.3, 0.4) is 0 Å². The average Bonchev–Trinajstić information content (AvgIpc) is 2.74. The number of halogens is 1. The first kappa shape index (κ1) is 13.2. The third-order valence-electron chi connectivity index (χ3n) is 4.99. The molecule has 2 saturated carbocycles. The van der Waals surface area contributed by atoms with Gasteiger partial charge in [-0.25, -0.2) is 0 Å². The average molecular weight is 334 g/mol. The minimum absolute atomic E-state index is 1.02. The van der Waals surface area contributed by atoms with Gasteiger partial charge in [-0.2, -0.15) is 0 Å². The zero-order valence-electron chi connectivity index (χ0n) is 10.8. The molecule has 94 valence electrons. The number of hydrogen-bond donors (Lipinski definition) is 0. The molecule has 2 aliphatic carbocycles. The molecule has 4 atom stereocenters. The maximum atomic E-state index is 2.65. The largest absolute Gasteiger partial charge is 0.0823 e. The van der Waals surface area contributed by atoms with Crippen molar-refractivity contribution in [2.75, 3.05) is 0 Å². The summed E-state index contributed by atoms with van der Waals surface area (Å²) in [7, 11) is 0. The number of unbranched alkanes of at least 4 members (excludes halogenated alkanes) is 1. The highest BCUT2D eigenvalue weighted by Crippen LogP contribution is 2.39. The van der Waals surface area contributed by atoms with Gasteiger partial charge in [0.1, 0.15) is 0 Å². The molecule has 0 nitrogen and oxygen atoms in total. The summed E-state index contributed by atoms with van der Waals surface area (Å²) in [5.41, 5.74) is 0. The van der Waals surface area contributed by atoms with Crippen molar-refractivity contribution in [2.24, 2.45) is 17.8 Å². The Balaban J connectivity index is 1.49. The van der Waals surface area contributed by atoms with Crippen LogP contribution in [0.15, 0.2) is 0 Å². The van der Waals surface area contributed by atoms with E-state index in [2.05, 4.69) is 29.5 Å². The van der Waals surface area contributed by atoms with Gasteiger partial charge in [0.15, 0.2) is 0 Å². The predicted molar refractivity (Wildman–Crippen MR) is 80.1 cm³/mol. The molecule has 0 aromatic heterocycles. The molecule has 0 aliphatic heterocycles. The molecular weight excluding hydrogens is 307 g/mol. The van der Waals surface area contributed by atoms with Gasteiger partial charge in [-0.1, -0.05) is 68.0 Å². The van der Waals surface area contributed by atoms with Crippen LogP contribution < -0.4 is 0 Å². The highest BCUT2D eigenvalue weighted by atomic mass is 127. The molecular formula is C15H27I. The zero-order valence-corrected chi connectivity index (χ0v) is 12.9. The van der Waals surface area contributed by atoms with Gasteiger partial charge in [0.25, 0.3) is 0 Å². The summed E-state index contributed by atoms with van der Waals surface area (Å²) in [5.74, 6) is 3.27. The Bertz CT molecular complexity index is 202. The zero-order chi connectivity index (χ0) is 11.4. The van der Waals surface area contributed by atoms with Crippen molar-refractivity contribution in [2.45, 2.75) is 75.1 Å². The minimum Gasteiger partial charge on any atom is -0.0823 e. The molecule has 0 heterocycles. The molecule has 0 N–H and O–H groups in total. The van der Waals surface area contributed by atoms with Crippen molar-refractivity contribution >= 4 is 22.6 Å². The van der Waals surface area contributed by atoms with E-state index in [0.717, 1.165) is 21.7 Å². The van der Waals surface area contributed by atoms with Crippen LogP contribution in [0, 0.1) is 17.8 Å². The van der Waals surface area contributed by atoms with Crippen LogP contribution in [-0.2, 0) is 0 Å². The third-order valence-corrected chi connectivity index (χ3v) is 6.63. The Morgan fingerprint density at radius 3 is 2.25 bits per heavy atom. The molecule has 0 saturated heterocycles.